The van der Waals surface area contributed by atoms with Crippen LogP contribution in [-0.4, -0.2) is 32.9 Å². The number of ketones is 2. The topological polar surface area (TPSA) is 135 Å². The maximum atomic E-state index is 12.3. The molecule has 3 rings (SSSR count). The Hall–Kier alpha value is -3.55. The predicted molar refractivity (Wildman–Crippen MR) is 77.1 cm³/mol. The SMILES string of the molecule is O=C(O)O.O=C1c2ccccc2C(=O)c2c1cccc2[N+](=O)[O-]. The Morgan fingerprint density at radius 2 is 1.35 bits per heavy atom. The van der Waals surface area contributed by atoms with Crippen molar-refractivity contribution in [3.63, 3.8) is 0 Å². The van der Waals surface area contributed by atoms with Crippen LogP contribution in [0.3, 0.4) is 0 Å². The Kier molecular flexibility index (Phi) is 4.17. The van der Waals surface area contributed by atoms with Crippen LogP contribution in [0.1, 0.15) is 31.8 Å². The van der Waals surface area contributed by atoms with Gasteiger partial charge in [-0.05, 0) is 6.07 Å². The molecule has 8 nitrogen and oxygen atoms in total. The van der Waals surface area contributed by atoms with Crippen molar-refractivity contribution < 1.29 is 29.5 Å². The second kappa shape index (κ2) is 6.06. The summed E-state index contributed by atoms with van der Waals surface area (Å²) in [5.41, 5.74) is 0.161. The van der Waals surface area contributed by atoms with Crippen molar-refractivity contribution >= 4 is 23.4 Å². The van der Waals surface area contributed by atoms with Crippen LogP contribution < -0.4 is 0 Å². The lowest BCUT2D eigenvalue weighted by Crippen LogP contribution is -2.21. The molecule has 0 saturated heterocycles. The summed E-state index contributed by atoms with van der Waals surface area (Å²) in [5.74, 6) is -0.827. The average Bonchev–Trinajstić information content (AvgIpc) is 2.51. The summed E-state index contributed by atoms with van der Waals surface area (Å²) >= 11 is 0. The van der Waals surface area contributed by atoms with Gasteiger partial charge in [-0.3, -0.25) is 19.7 Å². The third-order valence-electron chi connectivity index (χ3n) is 3.13. The lowest BCUT2D eigenvalue weighted by molar-refractivity contribution is -0.385. The number of carbonyl (C=O) groups is 3. The molecule has 116 valence electrons. The van der Waals surface area contributed by atoms with Gasteiger partial charge in [-0.2, -0.15) is 0 Å². The molecule has 0 atom stereocenters. The highest BCUT2D eigenvalue weighted by Gasteiger charge is 2.34. The molecular formula is C15H9NO7. The Morgan fingerprint density at radius 3 is 1.87 bits per heavy atom. The number of carboxylic acid groups (broad SMARTS) is 2. The quantitative estimate of drug-likeness (QED) is 0.520. The van der Waals surface area contributed by atoms with E-state index in [0.29, 0.717) is 5.56 Å². The zero-order valence-corrected chi connectivity index (χ0v) is 11.4. The van der Waals surface area contributed by atoms with E-state index in [9.17, 15) is 19.7 Å². The molecule has 0 heterocycles. The van der Waals surface area contributed by atoms with Gasteiger partial charge in [0, 0.05) is 22.8 Å². The Morgan fingerprint density at radius 1 is 0.870 bits per heavy atom. The zero-order valence-electron chi connectivity index (χ0n) is 11.4. The molecule has 8 heteroatoms. The summed E-state index contributed by atoms with van der Waals surface area (Å²) in [7, 11) is 0. The summed E-state index contributed by atoms with van der Waals surface area (Å²) in [6.07, 6.45) is -1.83. The number of nitro benzene ring substituents is 1. The van der Waals surface area contributed by atoms with Gasteiger partial charge >= 0.3 is 6.16 Å². The van der Waals surface area contributed by atoms with E-state index in [1.807, 2.05) is 0 Å². The lowest BCUT2D eigenvalue weighted by Gasteiger charge is -2.16. The Bertz CT molecular complexity index is 837. The highest BCUT2D eigenvalue weighted by molar-refractivity contribution is 6.29. The second-order valence-electron chi connectivity index (χ2n) is 4.44. The third-order valence-corrected chi connectivity index (χ3v) is 3.13. The van der Waals surface area contributed by atoms with Crippen LogP contribution in [-0.2, 0) is 0 Å². The number of carbonyl (C=O) groups excluding carboxylic acids is 2. The van der Waals surface area contributed by atoms with Gasteiger partial charge < -0.3 is 10.2 Å². The van der Waals surface area contributed by atoms with Gasteiger partial charge in [0.05, 0.1) is 4.92 Å². The van der Waals surface area contributed by atoms with Crippen molar-refractivity contribution in [1.29, 1.82) is 0 Å². The zero-order chi connectivity index (χ0) is 17.1. The number of hydrogen-bond donors (Lipinski definition) is 2. The molecule has 0 spiro atoms. The van der Waals surface area contributed by atoms with Gasteiger partial charge in [-0.15, -0.1) is 0 Å². The number of hydrogen-bond acceptors (Lipinski definition) is 5. The van der Waals surface area contributed by atoms with Gasteiger partial charge in [0.25, 0.3) is 5.69 Å². The van der Waals surface area contributed by atoms with Crippen molar-refractivity contribution in [2.24, 2.45) is 0 Å². The average molecular weight is 315 g/mol. The van der Waals surface area contributed by atoms with Crippen LogP contribution >= 0.6 is 0 Å². The van der Waals surface area contributed by atoms with E-state index in [0.717, 1.165) is 0 Å². The van der Waals surface area contributed by atoms with E-state index < -0.39 is 16.9 Å². The van der Waals surface area contributed by atoms with Gasteiger partial charge in [-0.1, -0.05) is 30.3 Å². The van der Waals surface area contributed by atoms with Crippen LogP contribution in [0.4, 0.5) is 10.5 Å². The molecule has 1 aliphatic rings. The van der Waals surface area contributed by atoms with Gasteiger partial charge in [0.2, 0.25) is 5.78 Å². The van der Waals surface area contributed by atoms with E-state index in [2.05, 4.69) is 0 Å². The molecule has 0 fully saturated rings. The van der Waals surface area contributed by atoms with Gasteiger partial charge in [0.1, 0.15) is 5.56 Å². The molecule has 0 bridgehead atoms. The first kappa shape index (κ1) is 15.8. The number of benzene rings is 2. The number of nitrogens with zero attached hydrogens (tertiary/aromatic N) is 1. The molecule has 2 aromatic carbocycles. The standard InChI is InChI=1S/C14H7NO4.CH2O3/c16-13-8-4-1-2-5-9(8)14(17)12-10(13)6-3-7-11(12)15(18)19;2-1(3)4/h1-7H;(H2,2,3,4). The molecule has 2 aromatic rings. The van der Waals surface area contributed by atoms with Crippen LogP contribution in [0.25, 0.3) is 0 Å². The highest BCUT2D eigenvalue weighted by atomic mass is 16.6. The lowest BCUT2D eigenvalue weighted by atomic mass is 9.83. The van der Waals surface area contributed by atoms with Crippen molar-refractivity contribution in [2.45, 2.75) is 0 Å². The van der Waals surface area contributed by atoms with E-state index in [1.165, 1.54) is 24.3 Å². The van der Waals surface area contributed by atoms with E-state index in [-0.39, 0.29) is 28.2 Å². The minimum atomic E-state index is -1.83. The van der Waals surface area contributed by atoms with Crippen molar-refractivity contribution in [3.05, 3.63) is 74.8 Å². The molecule has 0 saturated carbocycles. The van der Waals surface area contributed by atoms with Crippen molar-refractivity contribution in [2.75, 3.05) is 0 Å². The van der Waals surface area contributed by atoms with E-state index in [4.69, 9.17) is 15.0 Å². The summed E-state index contributed by atoms with van der Waals surface area (Å²) < 4.78 is 0. The van der Waals surface area contributed by atoms with Crippen molar-refractivity contribution in [1.82, 2.24) is 0 Å². The first-order valence-electron chi connectivity index (χ1n) is 6.22. The molecule has 0 unspecified atom stereocenters. The van der Waals surface area contributed by atoms with Crippen LogP contribution in [0.5, 0.6) is 0 Å². The molecule has 2 N–H and O–H groups in total. The maximum Gasteiger partial charge on any atom is 0.503 e. The molecule has 0 aromatic heterocycles. The predicted octanol–water partition coefficient (Wildman–Crippen LogP) is 2.59. The first-order valence-corrected chi connectivity index (χ1v) is 6.22. The minimum absolute atomic E-state index is 0.0953. The molecule has 0 aliphatic heterocycles. The Labute approximate surface area is 128 Å². The molecule has 1 aliphatic carbocycles. The number of rotatable bonds is 1. The monoisotopic (exact) mass is 315 g/mol. The van der Waals surface area contributed by atoms with E-state index >= 15 is 0 Å². The third kappa shape index (κ3) is 2.91. The summed E-state index contributed by atoms with van der Waals surface area (Å²) in [4.78, 5) is 43.5. The second-order valence-corrected chi connectivity index (χ2v) is 4.44. The molecule has 0 amide bonds. The van der Waals surface area contributed by atoms with Crippen LogP contribution in [0, 0.1) is 10.1 Å². The Balaban J connectivity index is 0.000000433. The largest absolute Gasteiger partial charge is 0.503 e. The van der Waals surface area contributed by atoms with E-state index in [1.54, 1.807) is 18.2 Å². The normalized spacial score (nSPS) is 11.7. The minimum Gasteiger partial charge on any atom is -0.450 e. The number of fused-ring (bicyclic) bond motifs is 2. The van der Waals surface area contributed by atoms with Gasteiger partial charge in [-0.25, -0.2) is 4.79 Å². The van der Waals surface area contributed by atoms with Crippen LogP contribution in [0.2, 0.25) is 0 Å². The first-order chi connectivity index (χ1) is 10.8. The van der Waals surface area contributed by atoms with Gasteiger partial charge in [0.15, 0.2) is 5.78 Å². The smallest absolute Gasteiger partial charge is 0.450 e. The summed E-state index contributed by atoms with van der Waals surface area (Å²) in [5, 5.41) is 24.9. The molecule has 0 radical (unpaired) electrons. The maximum absolute atomic E-state index is 12.3. The fourth-order valence-corrected chi connectivity index (χ4v) is 2.28. The summed E-state index contributed by atoms with van der Waals surface area (Å²) in [6, 6.07) is 10.4. The summed E-state index contributed by atoms with van der Waals surface area (Å²) in [6.45, 7) is 0. The fourth-order valence-electron chi connectivity index (χ4n) is 2.28. The fraction of sp³-hybridized carbons (Fsp3) is 0. The highest BCUT2D eigenvalue weighted by Crippen LogP contribution is 2.32. The van der Waals surface area contributed by atoms with Crippen LogP contribution in [0.15, 0.2) is 42.5 Å². The number of nitro groups is 1. The molecular weight excluding hydrogens is 306 g/mol. The van der Waals surface area contributed by atoms with Crippen molar-refractivity contribution in [3.8, 4) is 0 Å². The molecule has 23 heavy (non-hydrogen) atoms.